The third-order valence-corrected chi connectivity index (χ3v) is 4.38. The van der Waals surface area contributed by atoms with Crippen molar-refractivity contribution in [3.8, 4) is 22.9 Å². The Morgan fingerprint density at radius 1 is 0.920 bits per heavy atom. The Hall–Kier alpha value is -3.34. The fourth-order valence-corrected chi connectivity index (χ4v) is 3.16. The Bertz CT molecular complexity index is 1060. The molecule has 2 aromatic carbocycles. The van der Waals surface area contributed by atoms with E-state index in [0.29, 0.717) is 0 Å². The zero-order valence-electron chi connectivity index (χ0n) is 13.4. The van der Waals surface area contributed by atoms with Crippen LogP contribution in [0.1, 0.15) is 5.56 Å². The predicted octanol–water partition coefficient (Wildman–Crippen LogP) is 3.88. The molecule has 0 atom stereocenters. The lowest BCUT2D eigenvalue weighted by atomic mass is 10.2. The van der Waals surface area contributed by atoms with Crippen molar-refractivity contribution in [2.75, 3.05) is 6.79 Å². The number of para-hydroxylation sites is 2. The normalized spacial score (nSPS) is 12.6. The van der Waals surface area contributed by atoms with Crippen LogP contribution in [-0.4, -0.2) is 21.3 Å². The van der Waals surface area contributed by atoms with Gasteiger partial charge in [-0.3, -0.25) is 4.98 Å². The fraction of sp³-hybridized carbons (Fsp3) is 0.100. The molecule has 5 heteroatoms. The monoisotopic (exact) mass is 329 g/mol. The van der Waals surface area contributed by atoms with Gasteiger partial charge in [0, 0.05) is 24.5 Å². The molecule has 0 amide bonds. The predicted molar refractivity (Wildman–Crippen MR) is 94.6 cm³/mol. The standard InChI is InChI=1S/C20H15N3O2/c1-2-4-17-16(3-1)22-20(23(17)12-14-7-9-21-10-8-14)15-5-6-18-19(11-15)25-13-24-18/h1-11H,12-13H2. The van der Waals surface area contributed by atoms with Gasteiger partial charge in [0.25, 0.3) is 0 Å². The van der Waals surface area contributed by atoms with Crippen molar-refractivity contribution in [1.82, 2.24) is 14.5 Å². The van der Waals surface area contributed by atoms with E-state index in [0.717, 1.165) is 40.5 Å². The van der Waals surface area contributed by atoms with Crippen LogP contribution in [0, 0.1) is 0 Å². The number of imidazole rings is 1. The number of ether oxygens (including phenoxy) is 2. The van der Waals surface area contributed by atoms with Crippen LogP contribution in [0.15, 0.2) is 67.0 Å². The van der Waals surface area contributed by atoms with Gasteiger partial charge in [0.05, 0.1) is 11.0 Å². The number of nitrogens with zero attached hydrogens (tertiary/aromatic N) is 3. The zero-order valence-corrected chi connectivity index (χ0v) is 13.4. The van der Waals surface area contributed by atoms with E-state index in [1.165, 1.54) is 5.56 Å². The van der Waals surface area contributed by atoms with Gasteiger partial charge in [0.2, 0.25) is 6.79 Å². The van der Waals surface area contributed by atoms with Crippen molar-refractivity contribution in [3.63, 3.8) is 0 Å². The highest BCUT2D eigenvalue weighted by atomic mass is 16.7. The van der Waals surface area contributed by atoms with E-state index in [1.54, 1.807) is 0 Å². The van der Waals surface area contributed by atoms with Gasteiger partial charge in [-0.05, 0) is 48.0 Å². The first-order valence-electron chi connectivity index (χ1n) is 8.13. The summed E-state index contributed by atoms with van der Waals surface area (Å²) in [5.41, 5.74) is 4.27. The number of hydrogen-bond donors (Lipinski definition) is 0. The summed E-state index contributed by atoms with van der Waals surface area (Å²) in [6, 6.07) is 18.2. The number of fused-ring (bicyclic) bond motifs is 2. The van der Waals surface area contributed by atoms with Crippen molar-refractivity contribution in [2.45, 2.75) is 6.54 Å². The van der Waals surface area contributed by atoms with Crippen LogP contribution < -0.4 is 9.47 Å². The molecule has 2 aromatic heterocycles. The van der Waals surface area contributed by atoms with Crippen molar-refractivity contribution >= 4 is 11.0 Å². The van der Waals surface area contributed by atoms with Crippen LogP contribution in [0.25, 0.3) is 22.4 Å². The van der Waals surface area contributed by atoms with Gasteiger partial charge in [0.1, 0.15) is 5.82 Å². The van der Waals surface area contributed by atoms with E-state index in [1.807, 2.05) is 60.9 Å². The highest BCUT2D eigenvalue weighted by molar-refractivity contribution is 5.81. The Morgan fingerprint density at radius 2 is 1.76 bits per heavy atom. The van der Waals surface area contributed by atoms with E-state index >= 15 is 0 Å². The molecule has 0 N–H and O–H groups in total. The smallest absolute Gasteiger partial charge is 0.231 e. The lowest BCUT2D eigenvalue weighted by molar-refractivity contribution is 0.174. The molecule has 0 fully saturated rings. The third kappa shape index (κ3) is 2.41. The lowest BCUT2D eigenvalue weighted by Gasteiger charge is -2.10. The molecule has 5 nitrogen and oxygen atoms in total. The van der Waals surface area contributed by atoms with Crippen LogP contribution >= 0.6 is 0 Å². The number of benzene rings is 2. The summed E-state index contributed by atoms with van der Waals surface area (Å²) < 4.78 is 13.2. The highest BCUT2D eigenvalue weighted by Crippen LogP contribution is 2.36. The minimum absolute atomic E-state index is 0.270. The first kappa shape index (κ1) is 14.0. The van der Waals surface area contributed by atoms with Crippen LogP contribution in [0.4, 0.5) is 0 Å². The van der Waals surface area contributed by atoms with Crippen molar-refractivity contribution in [2.24, 2.45) is 0 Å². The number of rotatable bonds is 3. The molecule has 0 aliphatic carbocycles. The number of aromatic nitrogens is 3. The minimum Gasteiger partial charge on any atom is -0.454 e. The van der Waals surface area contributed by atoms with Gasteiger partial charge in [-0.1, -0.05) is 12.1 Å². The maximum Gasteiger partial charge on any atom is 0.231 e. The van der Waals surface area contributed by atoms with Gasteiger partial charge < -0.3 is 14.0 Å². The largest absolute Gasteiger partial charge is 0.454 e. The average Bonchev–Trinajstić information content (AvgIpc) is 3.27. The average molecular weight is 329 g/mol. The Labute approximate surface area is 144 Å². The van der Waals surface area contributed by atoms with Gasteiger partial charge in [0.15, 0.2) is 11.5 Å². The van der Waals surface area contributed by atoms with Gasteiger partial charge in [-0.15, -0.1) is 0 Å². The Morgan fingerprint density at radius 3 is 2.68 bits per heavy atom. The first-order valence-corrected chi connectivity index (χ1v) is 8.13. The van der Waals surface area contributed by atoms with Gasteiger partial charge in [-0.25, -0.2) is 4.98 Å². The molecule has 25 heavy (non-hydrogen) atoms. The first-order chi connectivity index (χ1) is 12.4. The third-order valence-electron chi connectivity index (χ3n) is 4.38. The van der Waals surface area contributed by atoms with Gasteiger partial charge >= 0.3 is 0 Å². The van der Waals surface area contributed by atoms with Crippen LogP contribution in [-0.2, 0) is 6.54 Å². The summed E-state index contributed by atoms with van der Waals surface area (Å²) >= 11 is 0. The zero-order chi connectivity index (χ0) is 16.6. The van der Waals surface area contributed by atoms with Crippen molar-refractivity contribution < 1.29 is 9.47 Å². The summed E-state index contributed by atoms with van der Waals surface area (Å²) in [5.74, 6) is 2.46. The summed E-state index contributed by atoms with van der Waals surface area (Å²) in [5, 5.41) is 0. The van der Waals surface area contributed by atoms with E-state index in [4.69, 9.17) is 14.5 Å². The molecule has 1 aliphatic rings. The van der Waals surface area contributed by atoms with Gasteiger partial charge in [-0.2, -0.15) is 0 Å². The summed E-state index contributed by atoms with van der Waals surface area (Å²) in [4.78, 5) is 8.96. The molecule has 0 unspecified atom stereocenters. The van der Waals surface area contributed by atoms with Crippen LogP contribution in [0.5, 0.6) is 11.5 Å². The Kier molecular flexibility index (Phi) is 3.16. The SMILES string of the molecule is c1ccc2c(c1)nc(-c1ccc3c(c1)OCO3)n2Cc1ccncc1. The number of pyridine rings is 1. The van der Waals surface area contributed by atoms with E-state index in [-0.39, 0.29) is 6.79 Å². The highest BCUT2D eigenvalue weighted by Gasteiger charge is 2.18. The minimum atomic E-state index is 0.270. The molecule has 0 saturated heterocycles. The maximum absolute atomic E-state index is 5.53. The number of hydrogen-bond acceptors (Lipinski definition) is 4. The summed E-state index contributed by atoms with van der Waals surface area (Å²) in [7, 11) is 0. The molecular weight excluding hydrogens is 314 g/mol. The molecule has 5 rings (SSSR count). The second-order valence-corrected chi connectivity index (χ2v) is 5.93. The molecule has 0 radical (unpaired) electrons. The molecule has 4 aromatic rings. The molecule has 0 bridgehead atoms. The van der Waals surface area contributed by atoms with E-state index in [2.05, 4.69) is 15.6 Å². The fourth-order valence-electron chi connectivity index (χ4n) is 3.16. The Balaban J connectivity index is 1.68. The molecule has 122 valence electrons. The molecule has 1 aliphatic heterocycles. The van der Waals surface area contributed by atoms with E-state index < -0.39 is 0 Å². The molecular formula is C20H15N3O2. The van der Waals surface area contributed by atoms with E-state index in [9.17, 15) is 0 Å². The summed E-state index contributed by atoms with van der Waals surface area (Å²) in [6.45, 7) is 0.999. The van der Waals surface area contributed by atoms with Crippen LogP contribution in [0.2, 0.25) is 0 Å². The van der Waals surface area contributed by atoms with Crippen molar-refractivity contribution in [3.05, 3.63) is 72.6 Å². The quantitative estimate of drug-likeness (QED) is 0.572. The summed E-state index contributed by atoms with van der Waals surface area (Å²) in [6.07, 6.45) is 3.63. The topological polar surface area (TPSA) is 49.2 Å². The second kappa shape index (κ2) is 5.63. The molecule has 0 saturated carbocycles. The second-order valence-electron chi connectivity index (χ2n) is 5.93. The molecule has 3 heterocycles. The molecule has 0 spiro atoms. The lowest BCUT2D eigenvalue weighted by Crippen LogP contribution is -2.02. The maximum atomic E-state index is 5.53. The van der Waals surface area contributed by atoms with Crippen LogP contribution in [0.3, 0.4) is 0 Å². The van der Waals surface area contributed by atoms with Crippen molar-refractivity contribution in [1.29, 1.82) is 0 Å².